The van der Waals surface area contributed by atoms with Crippen molar-refractivity contribution in [3.05, 3.63) is 0 Å². The molecule has 0 radical (unpaired) electrons. The number of carbonyl (C=O) groups is 1. The third-order valence-electron chi connectivity index (χ3n) is 2.37. The SMILES string of the molecule is NC(=O)C(N)CNCC1CC(O)C1. The van der Waals surface area contributed by atoms with E-state index in [2.05, 4.69) is 5.32 Å². The summed E-state index contributed by atoms with van der Waals surface area (Å²) in [4.78, 5) is 10.5. The van der Waals surface area contributed by atoms with Crippen molar-refractivity contribution in [1.29, 1.82) is 0 Å². The van der Waals surface area contributed by atoms with Crippen LogP contribution in [-0.4, -0.2) is 36.2 Å². The van der Waals surface area contributed by atoms with Crippen LogP contribution in [0, 0.1) is 5.92 Å². The summed E-state index contributed by atoms with van der Waals surface area (Å²) in [5, 5.41) is 12.0. The molecule has 5 heteroatoms. The van der Waals surface area contributed by atoms with Crippen molar-refractivity contribution in [2.24, 2.45) is 17.4 Å². The number of nitrogens with one attached hydrogen (secondary N) is 1. The van der Waals surface area contributed by atoms with Crippen molar-refractivity contribution in [2.45, 2.75) is 25.0 Å². The van der Waals surface area contributed by atoms with E-state index in [-0.39, 0.29) is 6.10 Å². The number of amides is 1. The molecule has 0 saturated heterocycles. The quantitative estimate of drug-likeness (QED) is 0.406. The maximum absolute atomic E-state index is 10.5. The highest BCUT2D eigenvalue weighted by Gasteiger charge is 2.26. The van der Waals surface area contributed by atoms with Gasteiger partial charge in [0.15, 0.2) is 0 Å². The lowest BCUT2D eigenvalue weighted by molar-refractivity contribution is -0.119. The number of aliphatic hydroxyl groups excluding tert-OH is 1. The van der Waals surface area contributed by atoms with Gasteiger partial charge in [-0.25, -0.2) is 0 Å². The molecular weight excluding hydrogens is 170 g/mol. The van der Waals surface area contributed by atoms with Crippen molar-refractivity contribution < 1.29 is 9.90 Å². The molecule has 1 rings (SSSR count). The average molecular weight is 187 g/mol. The smallest absolute Gasteiger partial charge is 0.235 e. The highest BCUT2D eigenvalue weighted by Crippen LogP contribution is 2.25. The molecular formula is C8H17N3O2. The summed E-state index contributed by atoms with van der Waals surface area (Å²) < 4.78 is 0. The zero-order valence-corrected chi connectivity index (χ0v) is 7.57. The molecule has 5 nitrogen and oxygen atoms in total. The van der Waals surface area contributed by atoms with E-state index < -0.39 is 11.9 Å². The molecule has 1 fully saturated rings. The van der Waals surface area contributed by atoms with Crippen LogP contribution in [0.2, 0.25) is 0 Å². The molecule has 1 unspecified atom stereocenters. The molecule has 0 aliphatic heterocycles. The zero-order valence-electron chi connectivity index (χ0n) is 7.57. The van der Waals surface area contributed by atoms with Crippen molar-refractivity contribution in [3.8, 4) is 0 Å². The predicted octanol–water partition coefficient (Wildman–Crippen LogP) is -1.84. The first kappa shape index (κ1) is 10.4. The number of primary amides is 1. The largest absolute Gasteiger partial charge is 0.393 e. The van der Waals surface area contributed by atoms with Gasteiger partial charge < -0.3 is 21.9 Å². The molecule has 13 heavy (non-hydrogen) atoms. The van der Waals surface area contributed by atoms with Gasteiger partial charge in [0.2, 0.25) is 5.91 Å². The van der Waals surface area contributed by atoms with Crippen LogP contribution in [0.3, 0.4) is 0 Å². The third kappa shape index (κ3) is 3.30. The number of hydrogen-bond donors (Lipinski definition) is 4. The molecule has 0 spiro atoms. The lowest BCUT2D eigenvalue weighted by Crippen LogP contribution is -2.46. The third-order valence-corrected chi connectivity index (χ3v) is 2.37. The maximum atomic E-state index is 10.5. The maximum Gasteiger partial charge on any atom is 0.235 e. The van der Waals surface area contributed by atoms with Gasteiger partial charge in [-0.15, -0.1) is 0 Å². The van der Waals surface area contributed by atoms with Crippen LogP contribution in [-0.2, 0) is 4.79 Å². The van der Waals surface area contributed by atoms with E-state index in [0.29, 0.717) is 12.5 Å². The first-order valence-electron chi connectivity index (χ1n) is 4.53. The minimum Gasteiger partial charge on any atom is -0.393 e. The Morgan fingerprint density at radius 3 is 2.69 bits per heavy atom. The molecule has 1 saturated carbocycles. The first-order valence-corrected chi connectivity index (χ1v) is 4.53. The lowest BCUT2D eigenvalue weighted by Gasteiger charge is -2.31. The fourth-order valence-corrected chi connectivity index (χ4v) is 1.41. The summed E-state index contributed by atoms with van der Waals surface area (Å²) in [5.41, 5.74) is 10.4. The fraction of sp³-hybridized carbons (Fsp3) is 0.875. The number of carbonyl (C=O) groups excluding carboxylic acids is 1. The Labute approximate surface area is 77.5 Å². The van der Waals surface area contributed by atoms with Crippen LogP contribution >= 0.6 is 0 Å². The minimum absolute atomic E-state index is 0.128. The van der Waals surface area contributed by atoms with E-state index >= 15 is 0 Å². The summed E-state index contributed by atoms with van der Waals surface area (Å²) in [7, 11) is 0. The van der Waals surface area contributed by atoms with E-state index in [0.717, 1.165) is 19.4 Å². The Hall–Kier alpha value is -0.650. The predicted molar refractivity (Wildman–Crippen MR) is 48.8 cm³/mol. The molecule has 0 heterocycles. The van der Waals surface area contributed by atoms with Gasteiger partial charge >= 0.3 is 0 Å². The van der Waals surface area contributed by atoms with Crippen LogP contribution in [0.25, 0.3) is 0 Å². The van der Waals surface area contributed by atoms with Crippen LogP contribution < -0.4 is 16.8 Å². The van der Waals surface area contributed by atoms with E-state index in [1.54, 1.807) is 0 Å². The Morgan fingerprint density at radius 2 is 2.23 bits per heavy atom. The second-order valence-corrected chi connectivity index (χ2v) is 3.66. The molecule has 0 aromatic carbocycles. The number of aliphatic hydroxyl groups is 1. The Balaban J connectivity index is 1.98. The van der Waals surface area contributed by atoms with Crippen molar-refractivity contribution in [3.63, 3.8) is 0 Å². The van der Waals surface area contributed by atoms with E-state index in [1.165, 1.54) is 0 Å². The van der Waals surface area contributed by atoms with Crippen molar-refractivity contribution in [2.75, 3.05) is 13.1 Å². The summed E-state index contributed by atoms with van der Waals surface area (Å²) >= 11 is 0. The van der Waals surface area contributed by atoms with Gasteiger partial charge in [-0.2, -0.15) is 0 Å². The van der Waals surface area contributed by atoms with Crippen molar-refractivity contribution in [1.82, 2.24) is 5.32 Å². The second-order valence-electron chi connectivity index (χ2n) is 3.66. The number of nitrogens with two attached hydrogens (primary N) is 2. The number of rotatable bonds is 5. The van der Waals surface area contributed by atoms with Gasteiger partial charge in [0, 0.05) is 6.54 Å². The fourth-order valence-electron chi connectivity index (χ4n) is 1.41. The van der Waals surface area contributed by atoms with Gasteiger partial charge in [-0.05, 0) is 25.3 Å². The van der Waals surface area contributed by atoms with Gasteiger partial charge in [0.25, 0.3) is 0 Å². The highest BCUT2D eigenvalue weighted by molar-refractivity contribution is 5.79. The van der Waals surface area contributed by atoms with E-state index in [1.807, 2.05) is 0 Å². The zero-order chi connectivity index (χ0) is 9.84. The molecule has 1 amide bonds. The number of hydrogen-bond acceptors (Lipinski definition) is 4. The minimum atomic E-state index is -0.606. The van der Waals surface area contributed by atoms with E-state index in [4.69, 9.17) is 16.6 Å². The summed E-state index contributed by atoms with van der Waals surface area (Å²) in [6, 6.07) is -0.606. The molecule has 76 valence electrons. The molecule has 0 aromatic rings. The van der Waals surface area contributed by atoms with Crippen LogP contribution in [0.15, 0.2) is 0 Å². The molecule has 0 aromatic heterocycles. The van der Waals surface area contributed by atoms with Crippen molar-refractivity contribution >= 4 is 5.91 Å². The molecule has 1 aliphatic carbocycles. The summed E-state index contributed by atoms with van der Waals surface area (Å²) in [5.74, 6) is 0.0382. The topological polar surface area (TPSA) is 101 Å². The average Bonchev–Trinajstić information content (AvgIpc) is 2.00. The normalized spacial score (nSPS) is 29.4. The Kier molecular flexibility index (Phi) is 3.65. The second kappa shape index (κ2) is 4.55. The van der Waals surface area contributed by atoms with Crippen LogP contribution in [0.1, 0.15) is 12.8 Å². The molecule has 1 atom stereocenters. The van der Waals surface area contributed by atoms with Crippen LogP contribution in [0.4, 0.5) is 0 Å². The highest BCUT2D eigenvalue weighted by atomic mass is 16.3. The summed E-state index contributed by atoms with van der Waals surface area (Å²) in [6.07, 6.45) is 1.56. The monoisotopic (exact) mass is 187 g/mol. The lowest BCUT2D eigenvalue weighted by atomic mass is 9.82. The molecule has 1 aliphatic rings. The molecule has 6 N–H and O–H groups in total. The van der Waals surface area contributed by atoms with Gasteiger partial charge in [-0.1, -0.05) is 0 Å². The standard InChI is InChI=1S/C8H17N3O2/c9-7(8(10)13)4-11-3-5-1-6(12)2-5/h5-7,11-12H,1-4,9H2,(H2,10,13). The summed E-state index contributed by atoms with van der Waals surface area (Å²) in [6.45, 7) is 1.22. The first-order chi connectivity index (χ1) is 6.09. The van der Waals surface area contributed by atoms with Gasteiger partial charge in [-0.3, -0.25) is 4.79 Å². The molecule has 0 bridgehead atoms. The van der Waals surface area contributed by atoms with E-state index in [9.17, 15) is 4.79 Å². The Bertz CT molecular complexity index is 180. The van der Waals surface area contributed by atoms with Gasteiger partial charge in [0.05, 0.1) is 12.1 Å². The van der Waals surface area contributed by atoms with Gasteiger partial charge in [0.1, 0.15) is 0 Å². The Morgan fingerprint density at radius 1 is 1.62 bits per heavy atom. The van der Waals surface area contributed by atoms with Crippen LogP contribution in [0.5, 0.6) is 0 Å².